The van der Waals surface area contributed by atoms with Gasteiger partial charge in [-0.1, -0.05) is 62.1 Å². The van der Waals surface area contributed by atoms with E-state index in [1.165, 1.54) is 12.6 Å². The third-order valence-corrected chi connectivity index (χ3v) is 8.14. The summed E-state index contributed by atoms with van der Waals surface area (Å²) in [6.07, 6.45) is 14.6. The molecule has 0 amide bonds. The first-order valence-corrected chi connectivity index (χ1v) is 12.8. The largest absolute Gasteiger partial charge is 0.324 e. The molecule has 2 aliphatic rings. The highest BCUT2D eigenvalue weighted by Gasteiger charge is 2.47. The smallest absolute Gasteiger partial charge is 0.184 e. The maximum absolute atomic E-state index is 6.77. The number of nitrogens with one attached hydrogen (secondary N) is 1. The molecule has 0 aliphatic heterocycles. The molecule has 7 nitrogen and oxygen atoms in total. The van der Waals surface area contributed by atoms with Gasteiger partial charge in [0.15, 0.2) is 11.5 Å². The third-order valence-electron chi connectivity index (χ3n) is 8.14. The SMILES string of the molecule is C=CN/N=C(\C)c1nnc2c3cc(-c4ccccc4)c(C4=CCC(C)(C5(N)CCC5)C=C4)nc3ccn12. The van der Waals surface area contributed by atoms with E-state index in [9.17, 15) is 0 Å². The Balaban J connectivity index is 1.50. The molecule has 0 spiro atoms. The molecule has 7 heteroatoms. The highest BCUT2D eigenvalue weighted by molar-refractivity contribution is 6.01. The van der Waals surface area contributed by atoms with Gasteiger partial charge in [0.1, 0.15) is 5.71 Å². The van der Waals surface area contributed by atoms with E-state index < -0.39 is 0 Å². The predicted octanol–water partition coefficient (Wildman–Crippen LogP) is 5.63. The number of nitrogens with two attached hydrogens (primary N) is 1. The molecule has 1 aromatic carbocycles. The lowest BCUT2D eigenvalue weighted by Gasteiger charge is -2.51. The van der Waals surface area contributed by atoms with Crippen LogP contribution in [0.1, 0.15) is 51.0 Å². The van der Waals surface area contributed by atoms with Crippen LogP contribution >= 0.6 is 0 Å². The zero-order valence-corrected chi connectivity index (χ0v) is 21.3. The van der Waals surface area contributed by atoms with E-state index in [-0.39, 0.29) is 11.0 Å². The minimum Gasteiger partial charge on any atom is -0.324 e. The predicted molar refractivity (Wildman–Crippen MR) is 150 cm³/mol. The number of hydrogen-bond donors (Lipinski definition) is 2. The topological polar surface area (TPSA) is 93.5 Å². The summed E-state index contributed by atoms with van der Waals surface area (Å²) in [7, 11) is 0. The molecule has 2 aliphatic carbocycles. The monoisotopic (exact) mass is 489 g/mol. The van der Waals surface area contributed by atoms with Crippen molar-refractivity contribution in [2.24, 2.45) is 16.3 Å². The fourth-order valence-corrected chi connectivity index (χ4v) is 5.50. The maximum Gasteiger partial charge on any atom is 0.184 e. The molecule has 0 saturated heterocycles. The van der Waals surface area contributed by atoms with Crippen molar-refractivity contribution in [2.45, 2.75) is 45.1 Å². The highest BCUT2D eigenvalue weighted by Crippen LogP contribution is 2.50. The number of aromatic nitrogens is 4. The minimum absolute atomic E-state index is 0.0253. The number of rotatable bonds is 6. The maximum atomic E-state index is 6.77. The van der Waals surface area contributed by atoms with Crippen LogP contribution in [0.4, 0.5) is 0 Å². The molecule has 1 fully saturated rings. The molecular weight excluding hydrogens is 458 g/mol. The summed E-state index contributed by atoms with van der Waals surface area (Å²) in [6, 6.07) is 14.6. The van der Waals surface area contributed by atoms with Crippen LogP contribution in [0.5, 0.6) is 0 Å². The summed E-state index contributed by atoms with van der Waals surface area (Å²) in [5.41, 5.74) is 16.0. The van der Waals surface area contributed by atoms with Gasteiger partial charge in [-0.15, -0.1) is 10.2 Å². The van der Waals surface area contributed by atoms with Gasteiger partial charge in [-0.3, -0.25) is 9.83 Å². The van der Waals surface area contributed by atoms with Gasteiger partial charge in [-0.25, -0.2) is 4.98 Å². The lowest BCUT2D eigenvalue weighted by Crippen LogP contribution is -2.58. The average Bonchev–Trinajstić information content (AvgIpc) is 3.35. The molecule has 3 heterocycles. The second-order valence-corrected chi connectivity index (χ2v) is 10.4. The zero-order valence-electron chi connectivity index (χ0n) is 21.3. The van der Waals surface area contributed by atoms with Gasteiger partial charge in [0.2, 0.25) is 0 Å². The van der Waals surface area contributed by atoms with Gasteiger partial charge in [0, 0.05) is 34.3 Å². The number of hydrogen-bond acceptors (Lipinski definition) is 6. The Hall–Kier alpha value is -4.10. The number of allylic oxidation sites excluding steroid dienone is 3. The Labute approximate surface area is 216 Å². The summed E-state index contributed by atoms with van der Waals surface area (Å²) in [4.78, 5) is 5.19. The van der Waals surface area contributed by atoms with E-state index >= 15 is 0 Å². The van der Waals surface area contributed by atoms with Crippen molar-refractivity contribution in [3.05, 3.63) is 91.2 Å². The molecule has 1 unspecified atom stereocenters. The fourth-order valence-electron chi connectivity index (χ4n) is 5.50. The van der Waals surface area contributed by atoms with Crippen molar-refractivity contribution in [1.29, 1.82) is 0 Å². The Morgan fingerprint density at radius 1 is 1.19 bits per heavy atom. The summed E-state index contributed by atoms with van der Waals surface area (Å²) in [6.45, 7) is 7.82. The van der Waals surface area contributed by atoms with Crippen LogP contribution in [0.3, 0.4) is 0 Å². The third kappa shape index (κ3) is 3.78. The number of hydrazone groups is 1. The summed E-state index contributed by atoms with van der Waals surface area (Å²) < 4.78 is 1.95. The van der Waals surface area contributed by atoms with Crippen LogP contribution in [0.25, 0.3) is 33.3 Å². The van der Waals surface area contributed by atoms with Crippen molar-refractivity contribution in [2.75, 3.05) is 0 Å². The molecule has 3 aromatic heterocycles. The van der Waals surface area contributed by atoms with Gasteiger partial charge in [-0.05, 0) is 55.9 Å². The standard InChI is InChI=1S/C30H31N7/c1-4-32-34-20(2)27-35-36-28-24-19-23(21-9-6-5-7-10-21)26(33-25(24)13-18-37(27)28)22-11-16-29(3,17-12-22)30(31)14-8-15-30/h4-7,9-13,16,18-19,32H,1,8,14-15,17,31H2,2-3H3/b34-20+. The molecule has 4 aromatic rings. The van der Waals surface area contributed by atoms with Crippen LogP contribution in [0.2, 0.25) is 0 Å². The Bertz CT molecular complexity index is 1610. The van der Waals surface area contributed by atoms with Crippen LogP contribution in [0, 0.1) is 5.41 Å². The first-order chi connectivity index (χ1) is 17.9. The average molecular weight is 490 g/mol. The molecule has 186 valence electrons. The van der Waals surface area contributed by atoms with E-state index in [4.69, 9.17) is 10.7 Å². The molecule has 1 atom stereocenters. The molecule has 3 N–H and O–H groups in total. The second kappa shape index (κ2) is 8.78. The van der Waals surface area contributed by atoms with Crippen molar-refractivity contribution in [3.63, 3.8) is 0 Å². The number of nitrogens with zero attached hydrogens (tertiary/aromatic N) is 5. The summed E-state index contributed by atoms with van der Waals surface area (Å²) in [5, 5.41) is 14.1. The van der Waals surface area contributed by atoms with Crippen LogP contribution in [0.15, 0.2) is 84.8 Å². The first-order valence-electron chi connectivity index (χ1n) is 12.8. The van der Waals surface area contributed by atoms with Crippen molar-refractivity contribution >= 4 is 27.8 Å². The van der Waals surface area contributed by atoms with E-state index in [1.54, 1.807) is 0 Å². The molecule has 0 bridgehead atoms. The van der Waals surface area contributed by atoms with E-state index in [1.807, 2.05) is 29.7 Å². The Morgan fingerprint density at radius 2 is 2.00 bits per heavy atom. The molecule has 37 heavy (non-hydrogen) atoms. The van der Waals surface area contributed by atoms with Gasteiger partial charge >= 0.3 is 0 Å². The van der Waals surface area contributed by atoms with Gasteiger partial charge in [0.05, 0.1) is 11.2 Å². The van der Waals surface area contributed by atoms with Crippen molar-refractivity contribution < 1.29 is 0 Å². The highest BCUT2D eigenvalue weighted by atomic mass is 15.3. The van der Waals surface area contributed by atoms with Crippen LogP contribution in [-0.4, -0.2) is 30.8 Å². The second-order valence-electron chi connectivity index (χ2n) is 10.4. The minimum atomic E-state index is -0.107. The molecular formula is C30H31N7. The molecule has 1 saturated carbocycles. The lowest BCUT2D eigenvalue weighted by molar-refractivity contribution is 0.104. The molecule has 6 rings (SSSR count). The van der Waals surface area contributed by atoms with E-state index in [2.05, 4.69) is 82.8 Å². The Kier molecular flexibility index (Phi) is 5.53. The first kappa shape index (κ1) is 23.3. The number of fused-ring (bicyclic) bond motifs is 3. The van der Waals surface area contributed by atoms with Crippen LogP contribution in [-0.2, 0) is 0 Å². The van der Waals surface area contributed by atoms with Crippen molar-refractivity contribution in [1.82, 2.24) is 25.0 Å². The zero-order chi connectivity index (χ0) is 25.6. The van der Waals surface area contributed by atoms with E-state index in [0.717, 1.165) is 58.2 Å². The number of pyridine rings is 2. The Morgan fingerprint density at radius 3 is 2.68 bits per heavy atom. The molecule has 0 radical (unpaired) electrons. The van der Waals surface area contributed by atoms with Crippen molar-refractivity contribution in [3.8, 4) is 11.1 Å². The van der Waals surface area contributed by atoms with Gasteiger partial charge in [-0.2, -0.15) is 5.10 Å². The fraction of sp³-hybridized carbons (Fsp3) is 0.267. The van der Waals surface area contributed by atoms with E-state index in [0.29, 0.717) is 11.5 Å². The van der Waals surface area contributed by atoms with Crippen LogP contribution < -0.4 is 11.2 Å². The lowest BCUT2D eigenvalue weighted by atomic mass is 9.57. The normalized spacial score (nSPS) is 21.1. The number of benzene rings is 1. The summed E-state index contributed by atoms with van der Waals surface area (Å²) in [5.74, 6) is 0.667. The quantitative estimate of drug-likeness (QED) is 0.270. The van der Waals surface area contributed by atoms with Gasteiger partial charge in [0.25, 0.3) is 0 Å². The van der Waals surface area contributed by atoms with Gasteiger partial charge < -0.3 is 5.73 Å². The summed E-state index contributed by atoms with van der Waals surface area (Å²) >= 11 is 0.